The van der Waals surface area contributed by atoms with Gasteiger partial charge in [-0.3, -0.25) is 0 Å². The first kappa shape index (κ1) is 13.7. The van der Waals surface area contributed by atoms with Crippen LogP contribution in [-0.2, 0) is 0 Å². The van der Waals surface area contributed by atoms with Crippen molar-refractivity contribution in [1.29, 1.82) is 0 Å². The lowest BCUT2D eigenvalue weighted by molar-refractivity contribution is 0.0447. The lowest BCUT2D eigenvalue weighted by Crippen LogP contribution is -2.46. The highest BCUT2D eigenvalue weighted by Crippen LogP contribution is 2.26. The van der Waals surface area contributed by atoms with Crippen LogP contribution in [0.1, 0.15) is 45.4 Å². The zero-order valence-electron chi connectivity index (χ0n) is 11.1. The van der Waals surface area contributed by atoms with Gasteiger partial charge in [0.25, 0.3) is 0 Å². The van der Waals surface area contributed by atoms with Crippen LogP contribution in [0.25, 0.3) is 0 Å². The van der Waals surface area contributed by atoms with Gasteiger partial charge in [-0.25, -0.2) is 9.97 Å². The molecule has 1 atom stereocenters. The summed E-state index contributed by atoms with van der Waals surface area (Å²) < 4.78 is 0.807. The predicted molar refractivity (Wildman–Crippen MR) is 75.9 cm³/mol. The Kier molecular flexibility index (Phi) is 3.92. The van der Waals surface area contributed by atoms with Crippen LogP contribution in [0.5, 0.6) is 0 Å². The Hall–Kier alpha value is -0.680. The molecule has 5 heteroatoms. The Morgan fingerprint density at radius 3 is 2.78 bits per heavy atom. The second-order valence-electron chi connectivity index (χ2n) is 5.58. The van der Waals surface area contributed by atoms with E-state index in [9.17, 15) is 5.11 Å². The molecule has 2 rings (SSSR count). The molecule has 1 fully saturated rings. The predicted octanol–water partition coefficient (Wildman–Crippen LogP) is 2.71. The van der Waals surface area contributed by atoms with Gasteiger partial charge in [0, 0.05) is 25.1 Å². The monoisotopic (exact) mass is 313 g/mol. The largest absolute Gasteiger partial charge is 0.388 e. The Morgan fingerprint density at radius 2 is 2.17 bits per heavy atom. The van der Waals surface area contributed by atoms with Gasteiger partial charge >= 0.3 is 0 Å². The van der Waals surface area contributed by atoms with Crippen LogP contribution in [0.4, 0.5) is 5.82 Å². The number of β-amino-alcohol motifs (C(OH)–C–C–N with tert-alkyl or cyclic N) is 1. The summed E-state index contributed by atoms with van der Waals surface area (Å²) in [6, 6.07) is 1.92. The number of hydrogen-bond acceptors (Lipinski definition) is 4. The van der Waals surface area contributed by atoms with E-state index in [1.54, 1.807) is 0 Å². The summed E-state index contributed by atoms with van der Waals surface area (Å²) in [5.41, 5.74) is -0.617. The number of anilines is 1. The lowest BCUT2D eigenvalue weighted by Gasteiger charge is -2.37. The maximum atomic E-state index is 10.2. The van der Waals surface area contributed by atoms with E-state index in [1.165, 1.54) is 0 Å². The summed E-state index contributed by atoms with van der Waals surface area (Å²) >= 11 is 3.44. The van der Waals surface area contributed by atoms with Crippen LogP contribution < -0.4 is 4.90 Å². The average molecular weight is 314 g/mol. The standard InChI is InChI=1S/C13H20BrN3O/c1-9(2)12-15-10(14)7-11(16-12)17-6-4-5-13(3,18)8-17/h7,9,18H,4-6,8H2,1-3H3. The highest BCUT2D eigenvalue weighted by Gasteiger charge is 2.29. The molecular formula is C13H20BrN3O. The summed E-state index contributed by atoms with van der Waals surface area (Å²) in [4.78, 5) is 11.1. The van der Waals surface area contributed by atoms with Crippen LogP contribution in [0.2, 0.25) is 0 Å². The van der Waals surface area contributed by atoms with E-state index in [4.69, 9.17) is 0 Å². The number of rotatable bonds is 2. The van der Waals surface area contributed by atoms with Crippen molar-refractivity contribution in [3.05, 3.63) is 16.5 Å². The molecule has 0 bridgehead atoms. The summed E-state index contributed by atoms with van der Waals surface area (Å²) in [6.45, 7) is 7.62. The van der Waals surface area contributed by atoms with Gasteiger partial charge < -0.3 is 10.0 Å². The average Bonchev–Trinajstić information content (AvgIpc) is 2.26. The van der Waals surface area contributed by atoms with E-state index in [2.05, 4.69) is 44.6 Å². The van der Waals surface area contributed by atoms with Gasteiger partial charge in [-0.15, -0.1) is 0 Å². The molecule has 1 N–H and O–H groups in total. The second kappa shape index (κ2) is 5.13. The van der Waals surface area contributed by atoms with Gasteiger partial charge in [-0.1, -0.05) is 13.8 Å². The zero-order chi connectivity index (χ0) is 13.3. The molecule has 0 aromatic carbocycles. The van der Waals surface area contributed by atoms with Gasteiger partial charge in [-0.2, -0.15) is 0 Å². The molecule has 2 heterocycles. The molecule has 18 heavy (non-hydrogen) atoms. The molecule has 1 aliphatic rings. The van der Waals surface area contributed by atoms with Crippen LogP contribution in [0.3, 0.4) is 0 Å². The smallest absolute Gasteiger partial charge is 0.134 e. The van der Waals surface area contributed by atoms with E-state index in [0.717, 1.165) is 35.6 Å². The number of halogens is 1. The van der Waals surface area contributed by atoms with Gasteiger partial charge in [0.15, 0.2) is 0 Å². The van der Waals surface area contributed by atoms with Crippen LogP contribution in [-0.4, -0.2) is 33.8 Å². The zero-order valence-corrected chi connectivity index (χ0v) is 12.7. The minimum absolute atomic E-state index is 0.298. The normalized spacial score (nSPS) is 24.7. The first-order valence-corrected chi connectivity index (χ1v) is 7.18. The topological polar surface area (TPSA) is 49.2 Å². The molecule has 1 unspecified atom stereocenters. The molecule has 0 aliphatic carbocycles. The summed E-state index contributed by atoms with van der Waals surface area (Å²) in [7, 11) is 0. The van der Waals surface area contributed by atoms with E-state index < -0.39 is 5.60 Å². The van der Waals surface area contributed by atoms with Crippen LogP contribution in [0, 0.1) is 0 Å². The number of aromatic nitrogens is 2. The van der Waals surface area contributed by atoms with Crippen LogP contribution in [0.15, 0.2) is 10.7 Å². The third kappa shape index (κ3) is 3.20. The fourth-order valence-corrected chi connectivity index (χ4v) is 2.65. The molecule has 4 nitrogen and oxygen atoms in total. The summed E-state index contributed by atoms with van der Waals surface area (Å²) in [5, 5.41) is 10.2. The molecule has 0 radical (unpaired) electrons. The quantitative estimate of drug-likeness (QED) is 0.853. The molecule has 1 aromatic heterocycles. The van der Waals surface area contributed by atoms with E-state index in [0.29, 0.717) is 12.5 Å². The number of aliphatic hydroxyl groups is 1. The summed E-state index contributed by atoms with van der Waals surface area (Å²) in [5.74, 6) is 2.04. The van der Waals surface area contributed by atoms with Gasteiger partial charge in [0.2, 0.25) is 0 Å². The molecule has 0 amide bonds. The minimum Gasteiger partial charge on any atom is -0.388 e. The van der Waals surface area contributed by atoms with Crippen molar-refractivity contribution in [1.82, 2.24) is 9.97 Å². The number of piperidine rings is 1. The van der Waals surface area contributed by atoms with Crippen molar-refractivity contribution in [3.8, 4) is 0 Å². The third-order valence-corrected chi connectivity index (χ3v) is 3.62. The van der Waals surface area contributed by atoms with Gasteiger partial charge in [0.05, 0.1) is 5.60 Å². The highest BCUT2D eigenvalue weighted by molar-refractivity contribution is 9.10. The van der Waals surface area contributed by atoms with Crippen molar-refractivity contribution >= 4 is 21.7 Å². The van der Waals surface area contributed by atoms with E-state index in [-0.39, 0.29) is 0 Å². The SMILES string of the molecule is CC(C)c1nc(Br)cc(N2CCCC(C)(O)C2)n1. The van der Waals surface area contributed by atoms with Crippen molar-refractivity contribution in [3.63, 3.8) is 0 Å². The van der Waals surface area contributed by atoms with Crippen molar-refractivity contribution < 1.29 is 5.11 Å². The Morgan fingerprint density at radius 1 is 1.44 bits per heavy atom. The molecule has 0 saturated carbocycles. The first-order valence-electron chi connectivity index (χ1n) is 6.39. The third-order valence-electron chi connectivity index (χ3n) is 3.21. The molecule has 1 aliphatic heterocycles. The van der Waals surface area contributed by atoms with Crippen molar-refractivity contribution in [2.24, 2.45) is 0 Å². The summed E-state index contributed by atoms with van der Waals surface area (Å²) in [6.07, 6.45) is 1.85. The van der Waals surface area contributed by atoms with Crippen molar-refractivity contribution in [2.75, 3.05) is 18.0 Å². The maximum absolute atomic E-state index is 10.2. The van der Waals surface area contributed by atoms with Crippen LogP contribution >= 0.6 is 15.9 Å². The lowest BCUT2D eigenvalue weighted by atomic mass is 9.95. The molecule has 1 saturated heterocycles. The Labute approximate surface area is 117 Å². The van der Waals surface area contributed by atoms with Crippen molar-refractivity contribution in [2.45, 2.75) is 45.1 Å². The molecule has 0 spiro atoms. The second-order valence-corrected chi connectivity index (χ2v) is 6.40. The Bertz CT molecular complexity index is 434. The fourth-order valence-electron chi connectivity index (χ4n) is 2.26. The molecular weight excluding hydrogens is 294 g/mol. The number of nitrogens with zero attached hydrogens (tertiary/aromatic N) is 3. The van der Waals surface area contributed by atoms with E-state index in [1.807, 2.05) is 13.0 Å². The van der Waals surface area contributed by atoms with Gasteiger partial charge in [-0.05, 0) is 35.7 Å². The first-order chi connectivity index (χ1) is 8.37. The van der Waals surface area contributed by atoms with Gasteiger partial charge in [0.1, 0.15) is 16.2 Å². The molecule has 100 valence electrons. The number of hydrogen-bond donors (Lipinski definition) is 1. The van der Waals surface area contributed by atoms with E-state index >= 15 is 0 Å². The minimum atomic E-state index is -0.617. The maximum Gasteiger partial charge on any atom is 0.134 e. The fraction of sp³-hybridized carbons (Fsp3) is 0.692. The molecule has 1 aromatic rings. The highest BCUT2D eigenvalue weighted by atomic mass is 79.9. The Balaban J connectivity index is 2.27.